The third-order valence-corrected chi connectivity index (χ3v) is 0.647. The van der Waals surface area contributed by atoms with Crippen LogP contribution in [0, 0.1) is 0 Å². The summed E-state index contributed by atoms with van der Waals surface area (Å²) in [7, 11) is -4.67. The van der Waals surface area contributed by atoms with Crippen LogP contribution in [0.15, 0.2) is 18.7 Å². The van der Waals surface area contributed by atoms with E-state index in [-0.39, 0.29) is 17.1 Å². The van der Waals surface area contributed by atoms with Gasteiger partial charge in [0.1, 0.15) is 6.33 Å². The van der Waals surface area contributed by atoms with E-state index in [1.807, 2.05) is 0 Å². The molecule has 0 aliphatic rings. The van der Waals surface area contributed by atoms with E-state index in [1.54, 1.807) is 12.4 Å². The summed E-state index contributed by atoms with van der Waals surface area (Å²) in [6.45, 7) is 0. The Morgan fingerprint density at radius 2 is 1.85 bits per heavy atom. The summed E-state index contributed by atoms with van der Waals surface area (Å²) in [5, 5.41) is 0. The van der Waals surface area contributed by atoms with Crippen LogP contribution in [0.5, 0.6) is 0 Å². The molecule has 13 heavy (non-hydrogen) atoms. The standard InChI is InChI=1S/C4H4N2O.Cu.H2O4S/c7-4-6-2-1-5-3-6;;1-5(2,3)4/h1-4H;;(H2,1,2,3,4). The third kappa shape index (κ3) is 14.2. The van der Waals surface area contributed by atoms with E-state index in [0.29, 0.717) is 6.41 Å². The predicted molar refractivity (Wildman–Crippen MR) is 38.6 cm³/mol. The van der Waals surface area contributed by atoms with Crippen LogP contribution in [0.3, 0.4) is 0 Å². The molecule has 0 unspecified atom stereocenters. The molecule has 79 valence electrons. The number of rotatable bonds is 1. The zero-order valence-electron chi connectivity index (χ0n) is 6.03. The van der Waals surface area contributed by atoms with E-state index < -0.39 is 10.4 Å². The van der Waals surface area contributed by atoms with Crippen LogP contribution >= 0.6 is 0 Å². The van der Waals surface area contributed by atoms with Crippen molar-refractivity contribution >= 4 is 16.8 Å². The summed E-state index contributed by atoms with van der Waals surface area (Å²) in [6.07, 6.45) is 5.25. The van der Waals surface area contributed by atoms with E-state index >= 15 is 0 Å². The Morgan fingerprint density at radius 3 is 2.00 bits per heavy atom. The molecule has 0 aliphatic carbocycles. The maximum atomic E-state index is 9.79. The van der Waals surface area contributed by atoms with Crippen LogP contribution in [0.4, 0.5) is 0 Å². The van der Waals surface area contributed by atoms with E-state index in [1.165, 1.54) is 10.9 Å². The second-order valence-corrected chi connectivity index (χ2v) is 2.46. The maximum Gasteiger partial charge on any atom is 0.394 e. The fourth-order valence-corrected chi connectivity index (χ4v) is 0.332. The zero-order valence-corrected chi connectivity index (χ0v) is 7.79. The maximum absolute atomic E-state index is 9.79. The van der Waals surface area contributed by atoms with Gasteiger partial charge in [-0.05, 0) is 0 Å². The molecule has 0 spiro atoms. The molecule has 1 rings (SSSR count). The molecule has 1 aromatic heterocycles. The van der Waals surface area contributed by atoms with Crippen LogP contribution in [0.25, 0.3) is 0 Å². The topological polar surface area (TPSA) is 109 Å². The first-order valence-electron chi connectivity index (χ1n) is 2.56. The smallest absolute Gasteiger partial charge is 0.279 e. The van der Waals surface area contributed by atoms with Crippen molar-refractivity contribution in [3.63, 3.8) is 0 Å². The Hall–Kier alpha value is -0.731. The minimum absolute atomic E-state index is 0. The van der Waals surface area contributed by atoms with Crippen LogP contribution in [0.1, 0.15) is 0 Å². The average Bonchev–Trinajstić information content (AvgIpc) is 2.33. The first-order chi connectivity index (χ1) is 5.43. The van der Waals surface area contributed by atoms with Gasteiger partial charge < -0.3 is 0 Å². The molecule has 0 saturated heterocycles. The summed E-state index contributed by atoms with van der Waals surface area (Å²) in [5.41, 5.74) is 0. The largest absolute Gasteiger partial charge is 0.394 e. The van der Waals surface area contributed by atoms with Crippen molar-refractivity contribution < 1.29 is 39.4 Å². The summed E-state index contributed by atoms with van der Waals surface area (Å²) < 4.78 is 32.9. The Morgan fingerprint density at radius 1 is 1.38 bits per heavy atom. The van der Waals surface area contributed by atoms with Gasteiger partial charge in [-0.25, -0.2) is 4.98 Å². The molecule has 0 saturated carbocycles. The van der Waals surface area contributed by atoms with Gasteiger partial charge in [-0.2, -0.15) is 8.42 Å². The molecule has 1 aromatic rings. The van der Waals surface area contributed by atoms with Gasteiger partial charge in [-0.1, -0.05) is 0 Å². The normalized spacial score (nSPS) is 9.08. The van der Waals surface area contributed by atoms with E-state index in [2.05, 4.69) is 4.98 Å². The SMILES string of the molecule is O=Cn1ccnc1.O=S(=O)(O)O.[Cu]. The molecule has 9 heteroatoms. The summed E-state index contributed by atoms with van der Waals surface area (Å²) in [4.78, 5) is 13.4. The molecule has 0 atom stereocenters. The number of nitrogens with zero attached hydrogens (tertiary/aromatic N) is 2. The first-order valence-corrected chi connectivity index (χ1v) is 3.96. The fraction of sp³-hybridized carbons (Fsp3) is 0. The molecule has 0 aliphatic heterocycles. The van der Waals surface area contributed by atoms with Gasteiger partial charge >= 0.3 is 10.4 Å². The number of imidazole rings is 1. The van der Waals surface area contributed by atoms with Gasteiger partial charge in [0.15, 0.2) is 0 Å². The number of hydrogen-bond acceptors (Lipinski definition) is 4. The number of aromatic nitrogens is 2. The average molecular weight is 258 g/mol. The number of hydrogen-bond donors (Lipinski definition) is 2. The van der Waals surface area contributed by atoms with Crippen LogP contribution in [-0.4, -0.2) is 33.5 Å². The minimum atomic E-state index is -4.67. The van der Waals surface area contributed by atoms with Crippen LogP contribution in [0.2, 0.25) is 0 Å². The zero-order chi connectivity index (χ0) is 9.61. The van der Waals surface area contributed by atoms with Crippen LogP contribution in [-0.2, 0) is 32.3 Å². The molecule has 2 N–H and O–H groups in total. The molecule has 1 radical (unpaired) electrons. The van der Waals surface area contributed by atoms with E-state index in [0.717, 1.165) is 0 Å². The van der Waals surface area contributed by atoms with Gasteiger partial charge in [0.25, 0.3) is 0 Å². The van der Waals surface area contributed by atoms with Crippen molar-refractivity contribution in [3.05, 3.63) is 18.7 Å². The van der Waals surface area contributed by atoms with Crippen molar-refractivity contribution in [3.8, 4) is 0 Å². The monoisotopic (exact) mass is 257 g/mol. The Labute approximate surface area is 84.8 Å². The molecule has 1 heterocycles. The van der Waals surface area contributed by atoms with Crippen molar-refractivity contribution in [1.82, 2.24) is 9.55 Å². The molecule has 0 fully saturated rings. The minimum Gasteiger partial charge on any atom is -0.279 e. The first kappa shape index (κ1) is 14.8. The molecule has 0 amide bonds. The summed E-state index contributed by atoms with van der Waals surface area (Å²) in [6, 6.07) is 0. The van der Waals surface area contributed by atoms with Crippen LogP contribution < -0.4 is 0 Å². The van der Waals surface area contributed by atoms with Gasteiger partial charge in [-0.15, -0.1) is 0 Å². The second kappa shape index (κ2) is 6.75. The molecular weight excluding hydrogens is 252 g/mol. The van der Waals surface area contributed by atoms with Crippen molar-refractivity contribution in [1.29, 1.82) is 0 Å². The van der Waals surface area contributed by atoms with Gasteiger partial charge in [0, 0.05) is 29.5 Å². The van der Waals surface area contributed by atoms with E-state index in [4.69, 9.17) is 17.5 Å². The Balaban J connectivity index is 0. The molecule has 0 bridgehead atoms. The Kier molecular flexibility index (Phi) is 7.67. The number of carbonyl (C=O) groups is 1. The second-order valence-electron chi connectivity index (χ2n) is 1.56. The van der Waals surface area contributed by atoms with E-state index in [9.17, 15) is 4.79 Å². The number of carbonyl (C=O) groups excluding carboxylic acids is 1. The molecule has 0 aromatic carbocycles. The summed E-state index contributed by atoms with van der Waals surface area (Å²) in [5.74, 6) is 0. The van der Waals surface area contributed by atoms with Crippen molar-refractivity contribution in [2.75, 3.05) is 0 Å². The Bertz CT molecular complexity index is 312. The molecular formula is C4H6CuN2O5S. The van der Waals surface area contributed by atoms with Crippen molar-refractivity contribution in [2.24, 2.45) is 0 Å². The third-order valence-electron chi connectivity index (χ3n) is 0.647. The van der Waals surface area contributed by atoms with Gasteiger partial charge in [-0.3, -0.25) is 18.5 Å². The summed E-state index contributed by atoms with van der Waals surface area (Å²) >= 11 is 0. The quantitative estimate of drug-likeness (QED) is 0.390. The van der Waals surface area contributed by atoms with Crippen molar-refractivity contribution in [2.45, 2.75) is 0 Å². The fourth-order valence-electron chi connectivity index (χ4n) is 0.332. The van der Waals surface area contributed by atoms with Gasteiger partial charge in [0.05, 0.1) is 0 Å². The van der Waals surface area contributed by atoms with Gasteiger partial charge in [0.2, 0.25) is 6.41 Å². The predicted octanol–water partition coefficient (Wildman–Crippen LogP) is -0.734. The molecule has 7 nitrogen and oxygen atoms in total.